The Kier molecular flexibility index (Phi) is 7.99. The molecular weight excluding hydrogens is 444 g/mol. The predicted octanol–water partition coefficient (Wildman–Crippen LogP) is 5.77. The molecule has 1 aromatic heterocycles. The van der Waals surface area contributed by atoms with Crippen LogP contribution in [0.25, 0.3) is 22.2 Å². The van der Waals surface area contributed by atoms with Gasteiger partial charge in [0.25, 0.3) is 0 Å². The Hall–Kier alpha value is -3.15. The van der Waals surface area contributed by atoms with Gasteiger partial charge in [-0.1, -0.05) is 72.3 Å². The minimum absolute atomic E-state index is 0.0434. The molecule has 0 bridgehead atoms. The zero-order valence-corrected chi connectivity index (χ0v) is 20.5. The Morgan fingerprint density at radius 3 is 2.44 bits per heavy atom. The van der Waals surface area contributed by atoms with E-state index in [1.54, 1.807) is 4.68 Å². The summed E-state index contributed by atoms with van der Waals surface area (Å²) in [5, 5.41) is 9.41. The first-order valence-corrected chi connectivity index (χ1v) is 12.1. The minimum atomic E-state index is -0.0434. The third-order valence-corrected chi connectivity index (χ3v) is 6.19. The zero-order chi connectivity index (χ0) is 23.9. The average Bonchev–Trinajstić information content (AvgIpc) is 3.19. The molecule has 0 aliphatic rings. The van der Waals surface area contributed by atoms with E-state index in [1.807, 2.05) is 54.6 Å². The number of nitrogens with zero attached hydrogens (tertiary/aromatic N) is 3. The van der Waals surface area contributed by atoms with Crippen molar-refractivity contribution >= 4 is 28.4 Å². The summed E-state index contributed by atoms with van der Waals surface area (Å²) in [5.74, 6) is -0.0434. The van der Waals surface area contributed by atoms with Gasteiger partial charge in [0, 0.05) is 41.6 Å². The molecule has 5 nitrogen and oxygen atoms in total. The standard InChI is InChI=1S/C28H31ClN4O/c1-21(2)32(19-22-10-5-3-6-11-22)17-9-16-30-27(34)20-33-26-15-14-24(29)18-25(26)28(31-33)23-12-7-4-8-13-23/h3-8,10-15,18,21H,9,16-17,19-20H2,1-2H3,(H,30,34). The highest BCUT2D eigenvalue weighted by molar-refractivity contribution is 6.31. The molecule has 3 aromatic carbocycles. The van der Waals surface area contributed by atoms with Gasteiger partial charge in [-0.25, -0.2) is 0 Å². The zero-order valence-electron chi connectivity index (χ0n) is 19.7. The van der Waals surface area contributed by atoms with E-state index in [0.717, 1.165) is 41.7 Å². The number of hydrogen-bond acceptors (Lipinski definition) is 3. The number of carbonyl (C=O) groups excluding carboxylic acids is 1. The van der Waals surface area contributed by atoms with Crippen LogP contribution in [0, 0.1) is 0 Å². The fraction of sp³-hybridized carbons (Fsp3) is 0.286. The maximum atomic E-state index is 12.7. The van der Waals surface area contributed by atoms with Crippen LogP contribution in [-0.4, -0.2) is 39.7 Å². The lowest BCUT2D eigenvalue weighted by Crippen LogP contribution is -2.34. The summed E-state index contributed by atoms with van der Waals surface area (Å²) in [6.45, 7) is 7.06. The van der Waals surface area contributed by atoms with Crippen molar-refractivity contribution in [3.8, 4) is 11.3 Å². The second kappa shape index (κ2) is 11.3. The Bertz CT molecular complexity index is 1220. The average molecular weight is 475 g/mol. The molecule has 0 fully saturated rings. The van der Waals surface area contributed by atoms with Crippen LogP contribution in [-0.2, 0) is 17.9 Å². The van der Waals surface area contributed by atoms with Gasteiger partial charge in [0.15, 0.2) is 0 Å². The van der Waals surface area contributed by atoms with Crippen LogP contribution in [0.2, 0.25) is 5.02 Å². The van der Waals surface area contributed by atoms with Gasteiger partial charge < -0.3 is 5.32 Å². The van der Waals surface area contributed by atoms with Gasteiger partial charge in [0.1, 0.15) is 12.2 Å². The lowest BCUT2D eigenvalue weighted by atomic mass is 10.1. The molecule has 34 heavy (non-hydrogen) atoms. The molecular formula is C28H31ClN4O. The van der Waals surface area contributed by atoms with Gasteiger partial charge in [-0.2, -0.15) is 5.10 Å². The Morgan fingerprint density at radius 2 is 1.74 bits per heavy atom. The molecule has 1 heterocycles. The fourth-order valence-corrected chi connectivity index (χ4v) is 4.29. The summed E-state index contributed by atoms with van der Waals surface area (Å²) in [5.41, 5.74) is 4.04. The minimum Gasteiger partial charge on any atom is -0.354 e. The maximum Gasteiger partial charge on any atom is 0.241 e. The van der Waals surface area contributed by atoms with Crippen LogP contribution in [0.1, 0.15) is 25.8 Å². The monoisotopic (exact) mass is 474 g/mol. The normalized spacial score (nSPS) is 11.4. The molecule has 0 spiro atoms. The number of benzene rings is 3. The van der Waals surface area contributed by atoms with E-state index >= 15 is 0 Å². The van der Waals surface area contributed by atoms with Gasteiger partial charge in [-0.15, -0.1) is 0 Å². The number of carbonyl (C=O) groups is 1. The van der Waals surface area contributed by atoms with E-state index in [2.05, 4.69) is 48.3 Å². The molecule has 176 valence electrons. The molecule has 0 aliphatic heterocycles. The number of fused-ring (bicyclic) bond motifs is 1. The van der Waals surface area contributed by atoms with Crippen molar-refractivity contribution in [1.29, 1.82) is 0 Å². The summed E-state index contributed by atoms with van der Waals surface area (Å²) < 4.78 is 1.76. The van der Waals surface area contributed by atoms with Crippen LogP contribution in [0.4, 0.5) is 0 Å². The molecule has 0 radical (unpaired) electrons. The van der Waals surface area contributed by atoms with Crippen LogP contribution in [0.15, 0.2) is 78.9 Å². The van der Waals surface area contributed by atoms with Crippen molar-refractivity contribution in [2.45, 2.75) is 39.4 Å². The fourth-order valence-electron chi connectivity index (χ4n) is 4.12. The van der Waals surface area contributed by atoms with Crippen molar-refractivity contribution in [1.82, 2.24) is 20.0 Å². The number of aromatic nitrogens is 2. The van der Waals surface area contributed by atoms with Crippen molar-refractivity contribution in [3.63, 3.8) is 0 Å². The van der Waals surface area contributed by atoms with Gasteiger partial charge in [0.2, 0.25) is 5.91 Å². The number of nitrogens with one attached hydrogen (secondary N) is 1. The van der Waals surface area contributed by atoms with E-state index < -0.39 is 0 Å². The van der Waals surface area contributed by atoms with Crippen molar-refractivity contribution in [2.24, 2.45) is 0 Å². The molecule has 1 amide bonds. The van der Waals surface area contributed by atoms with Crippen molar-refractivity contribution in [2.75, 3.05) is 13.1 Å². The second-order valence-corrected chi connectivity index (χ2v) is 9.22. The van der Waals surface area contributed by atoms with E-state index in [0.29, 0.717) is 17.6 Å². The first-order valence-electron chi connectivity index (χ1n) is 11.8. The Balaban J connectivity index is 1.36. The van der Waals surface area contributed by atoms with Crippen LogP contribution < -0.4 is 5.32 Å². The van der Waals surface area contributed by atoms with Gasteiger partial charge in [-0.3, -0.25) is 14.4 Å². The number of rotatable bonds is 10. The lowest BCUT2D eigenvalue weighted by Gasteiger charge is -2.26. The molecule has 0 atom stereocenters. The van der Waals surface area contributed by atoms with Crippen LogP contribution >= 0.6 is 11.6 Å². The first kappa shape index (κ1) is 24.0. The van der Waals surface area contributed by atoms with E-state index in [4.69, 9.17) is 16.7 Å². The highest BCUT2D eigenvalue weighted by Gasteiger charge is 2.15. The second-order valence-electron chi connectivity index (χ2n) is 8.79. The highest BCUT2D eigenvalue weighted by atomic mass is 35.5. The molecule has 1 N–H and O–H groups in total. The number of amides is 1. The number of hydrogen-bond donors (Lipinski definition) is 1. The summed E-state index contributed by atoms with van der Waals surface area (Å²) in [6.07, 6.45) is 0.890. The lowest BCUT2D eigenvalue weighted by molar-refractivity contribution is -0.121. The number of halogens is 1. The van der Waals surface area contributed by atoms with Crippen molar-refractivity contribution in [3.05, 3.63) is 89.4 Å². The molecule has 4 rings (SSSR count). The van der Waals surface area contributed by atoms with Crippen LogP contribution in [0.5, 0.6) is 0 Å². The summed E-state index contributed by atoms with van der Waals surface area (Å²) in [4.78, 5) is 15.2. The van der Waals surface area contributed by atoms with Crippen molar-refractivity contribution < 1.29 is 4.79 Å². The van der Waals surface area contributed by atoms with E-state index in [9.17, 15) is 4.79 Å². The Morgan fingerprint density at radius 1 is 1.03 bits per heavy atom. The van der Waals surface area contributed by atoms with E-state index in [-0.39, 0.29) is 12.5 Å². The molecule has 4 aromatic rings. The summed E-state index contributed by atoms with van der Waals surface area (Å²) in [7, 11) is 0. The molecule has 0 saturated heterocycles. The van der Waals surface area contributed by atoms with Gasteiger partial charge in [-0.05, 0) is 44.0 Å². The maximum absolute atomic E-state index is 12.7. The van der Waals surface area contributed by atoms with Gasteiger partial charge in [0.05, 0.1) is 5.52 Å². The SMILES string of the molecule is CC(C)N(CCCNC(=O)Cn1nc(-c2ccccc2)c2cc(Cl)ccc21)Cc1ccccc1. The largest absolute Gasteiger partial charge is 0.354 e. The third-order valence-electron chi connectivity index (χ3n) is 5.96. The summed E-state index contributed by atoms with van der Waals surface area (Å²) in [6, 6.07) is 26.6. The van der Waals surface area contributed by atoms with Gasteiger partial charge >= 0.3 is 0 Å². The highest BCUT2D eigenvalue weighted by Crippen LogP contribution is 2.30. The molecule has 0 aliphatic carbocycles. The molecule has 6 heteroatoms. The summed E-state index contributed by atoms with van der Waals surface area (Å²) >= 11 is 6.26. The predicted molar refractivity (Wildman–Crippen MR) is 140 cm³/mol. The first-order chi connectivity index (χ1) is 16.5. The molecule has 0 unspecified atom stereocenters. The van der Waals surface area contributed by atoms with E-state index in [1.165, 1.54) is 5.56 Å². The molecule has 0 saturated carbocycles. The smallest absolute Gasteiger partial charge is 0.241 e. The quantitative estimate of drug-likeness (QED) is 0.297. The third kappa shape index (κ3) is 6.04. The van der Waals surface area contributed by atoms with Crippen LogP contribution in [0.3, 0.4) is 0 Å². The Labute approximate surface area is 206 Å². The topological polar surface area (TPSA) is 50.2 Å².